The minimum Gasteiger partial charge on any atom is -0.306 e. The van der Waals surface area contributed by atoms with E-state index < -0.39 is 0 Å². The smallest absolute Gasteiger partial charge is 0.261 e. The van der Waals surface area contributed by atoms with Crippen molar-refractivity contribution in [3.63, 3.8) is 0 Å². The fourth-order valence-corrected chi connectivity index (χ4v) is 7.78. The van der Waals surface area contributed by atoms with Crippen LogP contribution in [0.2, 0.25) is 0 Å². The monoisotopic (exact) mass is 722 g/mol. The average Bonchev–Trinajstić information content (AvgIpc) is 3.93. The van der Waals surface area contributed by atoms with Crippen molar-refractivity contribution in [2.75, 3.05) is 5.33 Å². The summed E-state index contributed by atoms with van der Waals surface area (Å²) in [4.78, 5) is 71.6. The predicted molar refractivity (Wildman–Crippen MR) is 182 cm³/mol. The number of rotatable bonds is 7. The highest BCUT2D eigenvalue weighted by atomic mass is 79.9. The summed E-state index contributed by atoms with van der Waals surface area (Å²) in [6.07, 6.45) is 3.94. The van der Waals surface area contributed by atoms with Crippen LogP contribution in [0.15, 0.2) is 103 Å². The van der Waals surface area contributed by atoms with Crippen LogP contribution in [-0.4, -0.2) is 53.9 Å². The van der Waals surface area contributed by atoms with Gasteiger partial charge in [-0.1, -0.05) is 46.3 Å². The molecule has 12 heteroatoms. The Morgan fingerprint density at radius 2 is 1.15 bits per heavy atom. The Kier molecular flexibility index (Phi) is 8.22. The van der Waals surface area contributed by atoms with Crippen LogP contribution in [0.3, 0.4) is 0 Å². The summed E-state index contributed by atoms with van der Waals surface area (Å²) in [5.41, 5.74) is 3.61. The molecule has 4 amide bonds. The number of benzene rings is 2. The van der Waals surface area contributed by atoms with E-state index in [1.54, 1.807) is 72.0 Å². The number of imidazole rings is 1. The molecule has 0 saturated heterocycles. The third-order valence-corrected chi connectivity index (χ3v) is 10.4. The molecule has 232 valence electrons. The number of pyridine rings is 1. The van der Waals surface area contributed by atoms with Crippen molar-refractivity contribution in [3.05, 3.63) is 140 Å². The second-order valence-electron chi connectivity index (χ2n) is 10.7. The summed E-state index contributed by atoms with van der Waals surface area (Å²) < 4.78 is 1.97. The first-order chi connectivity index (χ1) is 22.8. The first kappa shape index (κ1) is 30.6. The normalized spacial score (nSPS) is 13.6. The van der Waals surface area contributed by atoms with Gasteiger partial charge < -0.3 is 4.40 Å². The van der Waals surface area contributed by atoms with Crippen LogP contribution in [0, 0.1) is 0 Å². The van der Waals surface area contributed by atoms with E-state index in [1.807, 2.05) is 47.1 Å². The summed E-state index contributed by atoms with van der Waals surface area (Å²) in [5, 5.41) is 0.264. The molecule has 9 nitrogen and oxygen atoms in total. The zero-order valence-corrected chi connectivity index (χ0v) is 27.7. The van der Waals surface area contributed by atoms with Gasteiger partial charge in [0.2, 0.25) is 0 Å². The van der Waals surface area contributed by atoms with E-state index in [0.29, 0.717) is 27.1 Å². The largest absolute Gasteiger partial charge is 0.306 e. The number of carbonyl (C=O) groups excluding carboxylic acids is 5. The van der Waals surface area contributed by atoms with Gasteiger partial charge in [0.1, 0.15) is 5.65 Å². The number of amides is 4. The molecule has 8 rings (SSSR count). The number of carbonyl (C=O) groups is 5. The number of imide groups is 2. The molecular formula is C35H23BrN4O5S2. The van der Waals surface area contributed by atoms with E-state index in [-0.39, 0.29) is 47.8 Å². The lowest BCUT2D eigenvalue weighted by Gasteiger charge is -2.11. The lowest BCUT2D eigenvalue weighted by Crippen LogP contribution is -2.28. The molecule has 0 aliphatic carbocycles. The molecule has 0 unspecified atom stereocenters. The van der Waals surface area contributed by atoms with Crippen molar-refractivity contribution in [2.45, 2.75) is 13.1 Å². The Labute approximate surface area is 284 Å². The summed E-state index contributed by atoms with van der Waals surface area (Å²) in [6.45, 7) is 0.483. The standard InChI is InChI=1S/C20H13N3O2S.C15H10BrNO3S/c24-19-14-5-1-2-6-15(14)20(25)23(19)11-13-8-9-17(26-13)16-12-22-10-4-3-7-18(22)21-16;16-7-12(18)13-6-5-9(21-13)8-17-14(19)10-3-1-2-4-11(10)15(17)20/h1-10,12H,11H2;1-6H,7-8H2. The van der Waals surface area contributed by atoms with Crippen molar-refractivity contribution in [3.8, 4) is 10.6 Å². The zero-order valence-electron chi connectivity index (χ0n) is 24.5. The van der Waals surface area contributed by atoms with E-state index in [2.05, 4.69) is 20.9 Å². The fraction of sp³-hybridized carbons (Fsp3) is 0.0857. The van der Waals surface area contributed by atoms with Crippen molar-refractivity contribution in [1.82, 2.24) is 19.2 Å². The topological polar surface area (TPSA) is 109 Å². The maximum Gasteiger partial charge on any atom is 0.261 e. The van der Waals surface area contributed by atoms with Crippen molar-refractivity contribution >= 4 is 73.7 Å². The summed E-state index contributed by atoms with van der Waals surface area (Å²) in [6, 6.07) is 27.1. The van der Waals surface area contributed by atoms with Gasteiger partial charge in [0.05, 0.1) is 56.1 Å². The molecule has 0 atom stereocenters. The molecular weight excluding hydrogens is 700 g/mol. The Bertz CT molecular complexity index is 2130. The van der Waals surface area contributed by atoms with Crippen LogP contribution < -0.4 is 0 Å². The van der Waals surface area contributed by atoms with Gasteiger partial charge in [-0.3, -0.25) is 33.8 Å². The molecule has 6 aromatic rings. The van der Waals surface area contributed by atoms with Crippen LogP contribution >= 0.6 is 38.6 Å². The second kappa shape index (κ2) is 12.6. The van der Waals surface area contributed by atoms with Gasteiger partial charge in [0.15, 0.2) is 5.78 Å². The summed E-state index contributed by atoms with van der Waals surface area (Å²) in [7, 11) is 0. The molecule has 2 aliphatic rings. The van der Waals surface area contributed by atoms with Crippen LogP contribution in [-0.2, 0) is 13.1 Å². The number of Topliss-reactive ketones (excluding diaryl/α,β-unsaturated/α-hetero) is 1. The third-order valence-electron chi connectivity index (χ3n) is 7.72. The van der Waals surface area contributed by atoms with Crippen LogP contribution in [0.1, 0.15) is 60.9 Å². The zero-order chi connectivity index (χ0) is 32.7. The lowest BCUT2D eigenvalue weighted by atomic mass is 10.1. The summed E-state index contributed by atoms with van der Waals surface area (Å²) >= 11 is 5.98. The molecule has 4 aromatic heterocycles. The molecule has 2 aromatic carbocycles. The van der Waals surface area contributed by atoms with Gasteiger partial charge in [0, 0.05) is 22.1 Å². The van der Waals surface area contributed by atoms with Gasteiger partial charge >= 0.3 is 0 Å². The van der Waals surface area contributed by atoms with Gasteiger partial charge in [-0.05, 0) is 60.7 Å². The number of nitrogens with zero attached hydrogens (tertiary/aromatic N) is 4. The quantitative estimate of drug-likeness (QED) is 0.1000. The van der Waals surface area contributed by atoms with Crippen molar-refractivity contribution < 1.29 is 24.0 Å². The van der Waals surface area contributed by atoms with Crippen LogP contribution in [0.5, 0.6) is 0 Å². The molecule has 2 aliphatic heterocycles. The number of halogens is 1. The van der Waals surface area contributed by atoms with E-state index in [9.17, 15) is 24.0 Å². The SMILES string of the molecule is O=C(CBr)c1ccc(CN2C(=O)c3ccccc3C2=O)s1.O=C1c2ccccc2C(=O)N1Cc1ccc(-c2cn3ccccc3n2)s1. The molecule has 0 bridgehead atoms. The van der Waals surface area contributed by atoms with Gasteiger partial charge in [-0.25, -0.2) is 4.98 Å². The molecule has 0 radical (unpaired) electrons. The third kappa shape index (κ3) is 5.75. The van der Waals surface area contributed by atoms with E-state index in [0.717, 1.165) is 26.0 Å². The Balaban J connectivity index is 0.000000153. The predicted octanol–water partition coefficient (Wildman–Crippen LogP) is 6.98. The van der Waals surface area contributed by atoms with Gasteiger partial charge in [-0.2, -0.15) is 0 Å². The number of ketones is 1. The number of thiophene rings is 2. The maximum absolute atomic E-state index is 12.5. The molecule has 0 spiro atoms. The first-order valence-electron chi connectivity index (χ1n) is 14.4. The number of alkyl halides is 1. The van der Waals surface area contributed by atoms with Gasteiger partial charge in [-0.15, -0.1) is 22.7 Å². The van der Waals surface area contributed by atoms with Crippen molar-refractivity contribution in [1.29, 1.82) is 0 Å². The number of hydrogen-bond donors (Lipinski definition) is 0. The minimum absolute atomic E-state index is 0.00592. The number of fused-ring (bicyclic) bond motifs is 3. The van der Waals surface area contributed by atoms with E-state index in [4.69, 9.17) is 0 Å². The van der Waals surface area contributed by atoms with E-state index >= 15 is 0 Å². The molecule has 0 fully saturated rings. The molecule has 6 heterocycles. The number of hydrogen-bond acceptors (Lipinski definition) is 8. The molecule has 0 saturated carbocycles. The Morgan fingerprint density at radius 3 is 1.68 bits per heavy atom. The average molecular weight is 724 g/mol. The second-order valence-corrected chi connectivity index (χ2v) is 13.6. The number of aromatic nitrogens is 2. The first-order valence-corrected chi connectivity index (χ1v) is 17.2. The Hall–Kier alpha value is -5.04. The fourth-order valence-electron chi connectivity index (χ4n) is 5.41. The maximum atomic E-state index is 12.5. The lowest BCUT2D eigenvalue weighted by molar-refractivity contribution is 0.0628. The Morgan fingerprint density at radius 1 is 0.638 bits per heavy atom. The highest BCUT2D eigenvalue weighted by Crippen LogP contribution is 2.31. The van der Waals surface area contributed by atoms with Crippen molar-refractivity contribution in [2.24, 2.45) is 0 Å². The highest BCUT2D eigenvalue weighted by Gasteiger charge is 2.36. The van der Waals surface area contributed by atoms with Gasteiger partial charge in [0.25, 0.3) is 23.6 Å². The van der Waals surface area contributed by atoms with Crippen LogP contribution in [0.25, 0.3) is 16.2 Å². The van der Waals surface area contributed by atoms with E-state index in [1.165, 1.54) is 21.1 Å². The molecule has 47 heavy (non-hydrogen) atoms. The minimum atomic E-state index is -0.280. The molecule has 0 N–H and O–H groups in total. The summed E-state index contributed by atoms with van der Waals surface area (Å²) in [5.74, 6) is -1.02. The highest BCUT2D eigenvalue weighted by molar-refractivity contribution is 9.09. The van der Waals surface area contributed by atoms with Crippen LogP contribution in [0.4, 0.5) is 0 Å².